The number of hydrogen-bond acceptors (Lipinski definition) is 2. The summed E-state index contributed by atoms with van der Waals surface area (Å²) in [7, 11) is 2.15. The predicted octanol–water partition coefficient (Wildman–Crippen LogP) is 2.72. The Labute approximate surface area is 99.5 Å². The Hall–Kier alpha value is -1.02. The molecule has 1 atom stereocenters. The van der Waals surface area contributed by atoms with E-state index < -0.39 is 0 Å². The third-order valence-electron chi connectivity index (χ3n) is 2.89. The molecule has 0 saturated heterocycles. The van der Waals surface area contributed by atoms with Crippen LogP contribution in [0, 0.1) is 19.8 Å². The molecule has 90 valence electrons. The zero-order chi connectivity index (χ0) is 12.1. The molecule has 0 fully saturated rings. The Balaban J connectivity index is 2.68. The number of rotatable bonds is 5. The fourth-order valence-electron chi connectivity index (χ4n) is 2.12. The smallest absolute Gasteiger partial charge is 0.0369 e. The highest BCUT2D eigenvalue weighted by Gasteiger charge is 2.07. The maximum absolute atomic E-state index is 5.57. The molecule has 0 heterocycles. The van der Waals surface area contributed by atoms with Crippen LogP contribution in [0.1, 0.15) is 24.5 Å². The van der Waals surface area contributed by atoms with Gasteiger partial charge in [0.25, 0.3) is 0 Å². The summed E-state index contributed by atoms with van der Waals surface area (Å²) in [6.45, 7) is 8.40. The van der Waals surface area contributed by atoms with Crippen LogP contribution in [0.25, 0.3) is 0 Å². The number of nitrogens with zero attached hydrogens (tertiary/aromatic N) is 1. The minimum atomic E-state index is 0.649. The average Bonchev–Trinajstić information content (AvgIpc) is 2.16. The summed E-state index contributed by atoms with van der Waals surface area (Å²) < 4.78 is 0. The van der Waals surface area contributed by atoms with Crippen LogP contribution in [0.5, 0.6) is 0 Å². The molecule has 0 bridgehead atoms. The molecular weight excluding hydrogens is 196 g/mol. The minimum Gasteiger partial charge on any atom is -0.374 e. The lowest BCUT2D eigenvalue weighted by Gasteiger charge is -2.24. The second kappa shape index (κ2) is 5.90. The van der Waals surface area contributed by atoms with Gasteiger partial charge in [-0.1, -0.05) is 13.0 Å². The number of nitrogens with two attached hydrogens (primary N) is 1. The van der Waals surface area contributed by atoms with Crippen LogP contribution in [0.2, 0.25) is 0 Å². The number of aryl methyl sites for hydroxylation is 2. The van der Waals surface area contributed by atoms with Gasteiger partial charge in [-0.05, 0) is 56.0 Å². The van der Waals surface area contributed by atoms with E-state index in [1.54, 1.807) is 0 Å². The van der Waals surface area contributed by atoms with Crippen LogP contribution < -0.4 is 10.6 Å². The summed E-state index contributed by atoms with van der Waals surface area (Å²) >= 11 is 0. The van der Waals surface area contributed by atoms with E-state index in [-0.39, 0.29) is 0 Å². The first-order chi connectivity index (χ1) is 7.52. The van der Waals surface area contributed by atoms with Gasteiger partial charge in [0.15, 0.2) is 0 Å². The van der Waals surface area contributed by atoms with Crippen molar-refractivity contribution in [2.45, 2.75) is 27.2 Å². The average molecular weight is 220 g/mol. The maximum Gasteiger partial charge on any atom is 0.0369 e. The third-order valence-corrected chi connectivity index (χ3v) is 2.89. The van der Waals surface area contributed by atoms with Crippen LogP contribution >= 0.6 is 0 Å². The first-order valence-electron chi connectivity index (χ1n) is 6.02. The van der Waals surface area contributed by atoms with Crippen molar-refractivity contribution in [2.24, 2.45) is 11.7 Å². The normalized spacial score (nSPS) is 12.6. The van der Waals surface area contributed by atoms with Crippen molar-refractivity contribution < 1.29 is 0 Å². The lowest BCUT2D eigenvalue weighted by molar-refractivity contribution is 0.539. The van der Waals surface area contributed by atoms with E-state index >= 15 is 0 Å². The molecule has 0 aromatic heterocycles. The summed E-state index contributed by atoms with van der Waals surface area (Å²) in [5.74, 6) is 0.649. The molecule has 0 spiro atoms. The molecule has 0 saturated carbocycles. The van der Waals surface area contributed by atoms with Crippen molar-refractivity contribution in [3.63, 3.8) is 0 Å². The van der Waals surface area contributed by atoms with Crippen molar-refractivity contribution in [3.8, 4) is 0 Å². The van der Waals surface area contributed by atoms with E-state index in [2.05, 4.69) is 50.9 Å². The molecule has 16 heavy (non-hydrogen) atoms. The van der Waals surface area contributed by atoms with Gasteiger partial charge in [0.2, 0.25) is 0 Å². The van der Waals surface area contributed by atoms with Gasteiger partial charge in [-0.3, -0.25) is 0 Å². The van der Waals surface area contributed by atoms with Gasteiger partial charge < -0.3 is 10.6 Å². The van der Waals surface area contributed by atoms with Gasteiger partial charge in [0.1, 0.15) is 0 Å². The summed E-state index contributed by atoms with van der Waals surface area (Å²) in [5.41, 5.74) is 9.53. The third kappa shape index (κ3) is 3.86. The maximum atomic E-state index is 5.57. The molecule has 1 aromatic rings. The van der Waals surface area contributed by atoms with Gasteiger partial charge in [0, 0.05) is 19.3 Å². The SMILES string of the molecule is Cc1cc(C)cc(N(C)CC(C)CCN)c1. The van der Waals surface area contributed by atoms with Crippen molar-refractivity contribution >= 4 is 5.69 Å². The van der Waals surface area contributed by atoms with E-state index in [0.29, 0.717) is 5.92 Å². The fraction of sp³-hybridized carbons (Fsp3) is 0.571. The molecule has 1 rings (SSSR count). The lowest BCUT2D eigenvalue weighted by Crippen LogP contribution is -2.25. The van der Waals surface area contributed by atoms with Crippen LogP contribution in [0.4, 0.5) is 5.69 Å². The van der Waals surface area contributed by atoms with E-state index in [9.17, 15) is 0 Å². The Kier molecular flexibility index (Phi) is 4.81. The Bertz CT molecular complexity index is 313. The molecule has 2 N–H and O–H groups in total. The fourth-order valence-corrected chi connectivity index (χ4v) is 2.12. The van der Waals surface area contributed by atoms with Crippen molar-refractivity contribution in [1.29, 1.82) is 0 Å². The molecule has 0 aliphatic rings. The largest absolute Gasteiger partial charge is 0.374 e. The van der Waals surface area contributed by atoms with Gasteiger partial charge in [0.05, 0.1) is 0 Å². The minimum absolute atomic E-state index is 0.649. The molecule has 0 aliphatic carbocycles. The number of hydrogen-bond donors (Lipinski definition) is 1. The summed E-state index contributed by atoms with van der Waals surface area (Å²) in [5, 5.41) is 0. The van der Waals surface area contributed by atoms with Crippen molar-refractivity contribution in [3.05, 3.63) is 29.3 Å². The Morgan fingerprint density at radius 1 is 1.19 bits per heavy atom. The summed E-state index contributed by atoms with van der Waals surface area (Å²) in [6, 6.07) is 6.69. The molecular formula is C14H24N2. The highest BCUT2D eigenvalue weighted by Crippen LogP contribution is 2.18. The van der Waals surface area contributed by atoms with E-state index in [1.165, 1.54) is 16.8 Å². The highest BCUT2D eigenvalue weighted by atomic mass is 15.1. The van der Waals surface area contributed by atoms with Gasteiger partial charge >= 0.3 is 0 Å². The van der Waals surface area contributed by atoms with Crippen LogP contribution in [-0.4, -0.2) is 20.1 Å². The summed E-state index contributed by atoms with van der Waals surface area (Å²) in [6.07, 6.45) is 1.09. The molecule has 0 aliphatic heterocycles. The van der Waals surface area contributed by atoms with Crippen molar-refractivity contribution in [1.82, 2.24) is 0 Å². The topological polar surface area (TPSA) is 29.3 Å². The molecule has 2 heteroatoms. The predicted molar refractivity (Wildman–Crippen MR) is 72.0 cm³/mol. The van der Waals surface area contributed by atoms with E-state index in [1.807, 2.05) is 0 Å². The molecule has 1 unspecified atom stereocenters. The number of benzene rings is 1. The molecule has 2 nitrogen and oxygen atoms in total. The van der Waals surface area contributed by atoms with Crippen LogP contribution in [0.15, 0.2) is 18.2 Å². The molecule has 0 radical (unpaired) electrons. The Morgan fingerprint density at radius 2 is 1.75 bits per heavy atom. The lowest BCUT2D eigenvalue weighted by atomic mass is 10.1. The zero-order valence-corrected chi connectivity index (χ0v) is 11.0. The van der Waals surface area contributed by atoms with Crippen LogP contribution in [-0.2, 0) is 0 Å². The first kappa shape index (κ1) is 13.0. The standard InChI is InChI=1S/C14H24N2/c1-11(5-6-15)10-16(4)14-8-12(2)7-13(3)9-14/h7-9,11H,5-6,10,15H2,1-4H3. The van der Waals surface area contributed by atoms with E-state index in [0.717, 1.165) is 19.5 Å². The van der Waals surface area contributed by atoms with Gasteiger partial charge in [-0.25, -0.2) is 0 Å². The van der Waals surface area contributed by atoms with E-state index in [4.69, 9.17) is 5.73 Å². The summed E-state index contributed by atoms with van der Waals surface area (Å²) in [4.78, 5) is 2.32. The van der Waals surface area contributed by atoms with Gasteiger partial charge in [-0.15, -0.1) is 0 Å². The highest BCUT2D eigenvalue weighted by molar-refractivity contribution is 5.50. The second-order valence-electron chi connectivity index (χ2n) is 4.91. The monoisotopic (exact) mass is 220 g/mol. The van der Waals surface area contributed by atoms with Gasteiger partial charge in [-0.2, -0.15) is 0 Å². The van der Waals surface area contributed by atoms with Crippen molar-refractivity contribution in [2.75, 3.05) is 25.0 Å². The van der Waals surface area contributed by atoms with Crippen LogP contribution in [0.3, 0.4) is 0 Å². The number of anilines is 1. The molecule has 1 aromatic carbocycles. The molecule has 0 amide bonds. The second-order valence-corrected chi connectivity index (χ2v) is 4.91. The zero-order valence-electron chi connectivity index (χ0n) is 11.0. The quantitative estimate of drug-likeness (QED) is 0.826. The first-order valence-corrected chi connectivity index (χ1v) is 6.02. The Morgan fingerprint density at radius 3 is 2.25 bits per heavy atom.